The largest absolute Gasteiger partial charge is 0.318 e. The van der Waals surface area contributed by atoms with E-state index in [0.717, 1.165) is 0 Å². The zero-order valence-electron chi connectivity index (χ0n) is 10.4. The maximum absolute atomic E-state index is 5.66. The summed E-state index contributed by atoms with van der Waals surface area (Å²) >= 11 is 0. The summed E-state index contributed by atoms with van der Waals surface area (Å²) < 4.78 is 7.72. The monoisotopic (exact) mass is 228 g/mol. The second kappa shape index (κ2) is 5.60. The molecule has 1 heterocycles. The molecule has 0 amide bonds. The quantitative estimate of drug-likeness (QED) is 0.733. The molecular formula is C15H18NO+. The molecule has 0 fully saturated rings. The summed E-state index contributed by atoms with van der Waals surface area (Å²) in [5, 5.41) is 0. The molecule has 0 spiro atoms. The van der Waals surface area contributed by atoms with Crippen molar-refractivity contribution in [1.29, 1.82) is 0 Å². The Labute approximate surface area is 102 Å². The molecule has 0 unspecified atom stereocenters. The van der Waals surface area contributed by atoms with Crippen molar-refractivity contribution in [3.63, 3.8) is 0 Å². The number of hydrogen-bond donors (Lipinski definition) is 0. The molecule has 2 aromatic rings. The van der Waals surface area contributed by atoms with Crippen LogP contribution < -0.4 is 4.57 Å². The maximum Gasteiger partial charge on any atom is 0.252 e. The summed E-state index contributed by atoms with van der Waals surface area (Å²) in [4.78, 5) is 0. The van der Waals surface area contributed by atoms with E-state index in [1.807, 2.05) is 24.4 Å². The van der Waals surface area contributed by atoms with Gasteiger partial charge in [-0.05, 0) is 25.0 Å². The smallest absolute Gasteiger partial charge is 0.252 e. The minimum atomic E-state index is 0.593. The van der Waals surface area contributed by atoms with Gasteiger partial charge < -0.3 is 4.74 Å². The van der Waals surface area contributed by atoms with Crippen LogP contribution in [0.1, 0.15) is 16.7 Å². The molecule has 0 aliphatic rings. The van der Waals surface area contributed by atoms with Gasteiger partial charge >= 0.3 is 0 Å². The number of nitrogens with zero attached hydrogens (tertiary/aromatic N) is 1. The second-order valence-corrected chi connectivity index (χ2v) is 4.29. The van der Waals surface area contributed by atoms with Gasteiger partial charge in [-0.2, -0.15) is 4.57 Å². The molecule has 0 saturated heterocycles. The molecule has 2 rings (SSSR count). The van der Waals surface area contributed by atoms with Crippen LogP contribution in [0.25, 0.3) is 0 Å². The fourth-order valence-electron chi connectivity index (χ4n) is 1.66. The van der Waals surface area contributed by atoms with Gasteiger partial charge in [-0.15, -0.1) is 0 Å². The molecule has 0 aliphatic carbocycles. The summed E-state index contributed by atoms with van der Waals surface area (Å²) in [6, 6.07) is 12.3. The highest BCUT2D eigenvalue weighted by atomic mass is 16.5. The van der Waals surface area contributed by atoms with E-state index in [-0.39, 0.29) is 0 Å². The number of aromatic nitrogens is 1. The molecule has 0 atom stereocenters. The van der Waals surface area contributed by atoms with Crippen LogP contribution in [-0.4, -0.2) is 0 Å². The zero-order valence-corrected chi connectivity index (χ0v) is 10.4. The summed E-state index contributed by atoms with van der Waals surface area (Å²) in [5.74, 6) is 0. The van der Waals surface area contributed by atoms with Crippen LogP contribution >= 0.6 is 0 Å². The van der Waals surface area contributed by atoms with Crippen LogP contribution in [0.15, 0.2) is 48.8 Å². The summed E-state index contributed by atoms with van der Waals surface area (Å²) in [6.07, 6.45) is 4.16. The van der Waals surface area contributed by atoms with Crippen molar-refractivity contribution in [2.75, 3.05) is 0 Å². The lowest BCUT2D eigenvalue weighted by Crippen LogP contribution is -2.34. The topological polar surface area (TPSA) is 13.1 Å². The van der Waals surface area contributed by atoms with Gasteiger partial charge in [-0.1, -0.05) is 30.3 Å². The van der Waals surface area contributed by atoms with E-state index in [1.165, 1.54) is 16.7 Å². The average molecular weight is 228 g/mol. The highest BCUT2D eigenvalue weighted by molar-refractivity contribution is 5.16. The fraction of sp³-hybridized carbons (Fsp3) is 0.267. The van der Waals surface area contributed by atoms with Crippen molar-refractivity contribution < 1.29 is 9.30 Å². The second-order valence-electron chi connectivity index (χ2n) is 4.29. The first-order valence-corrected chi connectivity index (χ1v) is 5.83. The first-order valence-electron chi connectivity index (χ1n) is 5.83. The number of hydrogen-bond acceptors (Lipinski definition) is 1. The van der Waals surface area contributed by atoms with Crippen molar-refractivity contribution >= 4 is 0 Å². The Morgan fingerprint density at radius 1 is 1.00 bits per heavy atom. The lowest BCUT2D eigenvalue weighted by molar-refractivity contribution is -0.734. The number of aryl methyl sites for hydroxylation is 2. The molecule has 2 nitrogen and oxygen atoms in total. The third kappa shape index (κ3) is 3.40. The number of benzene rings is 1. The lowest BCUT2D eigenvalue weighted by Gasteiger charge is -2.02. The Kier molecular flexibility index (Phi) is 3.89. The third-order valence-electron chi connectivity index (χ3n) is 2.85. The Bertz CT molecular complexity index is 480. The number of pyridine rings is 1. The normalized spacial score (nSPS) is 10.5. The van der Waals surface area contributed by atoms with E-state index in [1.54, 1.807) is 0 Å². The molecule has 2 heteroatoms. The SMILES string of the molecule is Cc1cc[n+](COCc2ccccc2)cc1C. The minimum absolute atomic E-state index is 0.593. The van der Waals surface area contributed by atoms with Gasteiger partial charge in [-0.25, -0.2) is 0 Å². The Hall–Kier alpha value is -1.67. The van der Waals surface area contributed by atoms with Crippen molar-refractivity contribution in [2.45, 2.75) is 27.2 Å². The molecule has 1 aromatic carbocycles. The highest BCUT2D eigenvalue weighted by Crippen LogP contribution is 2.02. The van der Waals surface area contributed by atoms with Crippen molar-refractivity contribution in [3.05, 3.63) is 65.5 Å². The molecular weight excluding hydrogens is 210 g/mol. The molecule has 0 aliphatic heterocycles. The molecule has 88 valence electrons. The minimum Gasteiger partial charge on any atom is -0.318 e. The van der Waals surface area contributed by atoms with Crippen LogP contribution in [0.3, 0.4) is 0 Å². The number of rotatable bonds is 4. The standard InChI is InChI=1S/C15H18NO/c1-13-8-9-16(10-14(13)2)12-17-11-15-6-4-3-5-7-15/h3-10H,11-12H2,1-2H3/q+1. The van der Waals surface area contributed by atoms with Gasteiger partial charge in [0.2, 0.25) is 0 Å². The van der Waals surface area contributed by atoms with Crippen LogP contribution in [0, 0.1) is 13.8 Å². The van der Waals surface area contributed by atoms with E-state index >= 15 is 0 Å². The van der Waals surface area contributed by atoms with Gasteiger partial charge in [0, 0.05) is 11.6 Å². The molecule has 0 bridgehead atoms. The lowest BCUT2D eigenvalue weighted by atomic mass is 10.2. The van der Waals surface area contributed by atoms with Crippen LogP contribution in [0.5, 0.6) is 0 Å². The van der Waals surface area contributed by atoms with E-state index in [2.05, 4.69) is 42.8 Å². The first-order chi connectivity index (χ1) is 8.25. The Balaban J connectivity index is 1.88. The van der Waals surface area contributed by atoms with Crippen molar-refractivity contribution in [2.24, 2.45) is 0 Å². The summed E-state index contributed by atoms with van der Waals surface area (Å²) in [7, 11) is 0. The molecule has 0 N–H and O–H groups in total. The predicted molar refractivity (Wildman–Crippen MR) is 67.3 cm³/mol. The number of ether oxygens (including phenoxy) is 1. The van der Waals surface area contributed by atoms with Crippen molar-refractivity contribution in [3.8, 4) is 0 Å². The van der Waals surface area contributed by atoms with Crippen LogP contribution in [-0.2, 0) is 18.1 Å². The molecule has 0 saturated carbocycles. The fourth-order valence-corrected chi connectivity index (χ4v) is 1.66. The van der Waals surface area contributed by atoms with Gasteiger partial charge in [0.05, 0.1) is 6.61 Å². The predicted octanol–water partition coefficient (Wildman–Crippen LogP) is 2.77. The van der Waals surface area contributed by atoms with E-state index in [9.17, 15) is 0 Å². The van der Waals surface area contributed by atoms with E-state index in [0.29, 0.717) is 13.3 Å². The van der Waals surface area contributed by atoms with Gasteiger partial charge in [0.1, 0.15) is 0 Å². The Morgan fingerprint density at radius 2 is 1.76 bits per heavy atom. The van der Waals surface area contributed by atoms with Crippen LogP contribution in [0.2, 0.25) is 0 Å². The zero-order chi connectivity index (χ0) is 12.1. The van der Waals surface area contributed by atoms with E-state index < -0.39 is 0 Å². The first kappa shape index (κ1) is 11.8. The van der Waals surface area contributed by atoms with Crippen molar-refractivity contribution in [1.82, 2.24) is 0 Å². The van der Waals surface area contributed by atoms with Crippen LogP contribution in [0.4, 0.5) is 0 Å². The van der Waals surface area contributed by atoms with Gasteiger partial charge in [-0.3, -0.25) is 0 Å². The molecule has 17 heavy (non-hydrogen) atoms. The van der Waals surface area contributed by atoms with E-state index in [4.69, 9.17) is 4.74 Å². The van der Waals surface area contributed by atoms with Gasteiger partial charge in [0.25, 0.3) is 6.73 Å². The van der Waals surface area contributed by atoms with Gasteiger partial charge in [0.15, 0.2) is 12.4 Å². The average Bonchev–Trinajstić information content (AvgIpc) is 2.35. The Morgan fingerprint density at radius 3 is 2.47 bits per heavy atom. The summed E-state index contributed by atoms with van der Waals surface area (Å²) in [5.41, 5.74) is 3.80. The maximum atomic E-state index is 5.66. The highest BCUT2D eigenvalue weighted by Gasteiger charge is 2.02. The third-order valence-corrected chi connectivity index (χ3v) is 2.85. The molecule has 1 aromatic heterocycles. The summed E-state index contributed by atoms with van der Waals surface area (Å²) in [6.45, 7) is 5.48. The molecule has 0 radical (unpaired) electrons.